The fraction of sp³-hybridized carbons (Fsp3) is 0.310. The van der Waals surface area contributed by atoms with Crippen molar-refractivity contribution in [3.8, 4) is 11.1 Å². The molecule has 1 N–H and O–H groups in total. The molecule has 0 atom stereocenters. The van der Waals surface area contributed by atoms with Crippen LogP contribution in [0.15, 0.2) is 60.7 Å². The van der Waals surface area contributed by atoms with Gasteiger partial charge in [0.15, 0.2) is 0 Å². The van der Waals surface area contributed by atoms with Gasteiger partial charge >= 0.3 is 5.97 Å². The number of hydrogen-bond acceptors (Lipinski definition) is 2. The second-order valence-electron chi connectivity index (χ2n) is 9.56. The van der Waals surface area contributed by atoms with E-state index >= 15 is 0 Å². The highest BCUT2D eigenvalue weighted by atomic mass is 35.5. The number of carboxylic acid groups (broad SMARTS) is 1. The second kappa shape index (κ2) is 9.63. The van der Waals surface area contributed by atoms with E-state index in [4.69, 9.17) is 11.6 Å². The molecule has 3 aromatic rings. The Morgan fingerprint density at radius 2 is 1.71 bits per heavy atom. The summed E-state index contributed by atoms with van der Waals surface area (Å²) >= 11 is 6.03. The van der Waals surface area contributed by atoms with Gasteiger partial charge in [0.25, 0.3) is 5.91 Å². The number of carbonyl (C=O) groups excluding carboxylic acids is 1. The molecule has 0 spiro atoms. The molecule has 1 saturated carbocycles. The molecule has 0 unspecified atom stereocenters. The van der Waals surface area contributed by atoms with Crippen LogP contribution in [0.1, 0.15) is 69.5 Å². The normalized spacial score (nSPS) is 16.0. The summed E-state index contributed by atoms with van der Waals surface area (Å²) in [5.74, 6) is -0.219. The van der Waals surface area contributed by atoms with Gasteiger partial charge in [-0.15, -0.1) is 0 Å². The van der Waals surface area contributed by atoms with E-state index in [1.807, 2.05) is 29.2 Å². The standard InChI is InChI=1S/C29H28ClNO3/c30-27-12-10-23(16-26(27)29(33)34)22-8-4-7-20(14-22)13-21-9-11-25-24(15-21)18-31(28(25)32)17-19-5-2-1-3-6-19/h4,7-12,14-16,19H,1-3,5-6,13,17-18H2,(H,33,34). The van der Waals surface area contributed by atoms with Crippen LogP contribution in [0.5, 0.6) is 0 Å². The van der Waals surface area contributed by atoms with Crippen molar-refractivity contribution in [2.24, 2.45) is 5.92 Å². The molecule has 1 fully saturated rings. The van der Waals surface area contributed by atoms with Crippen molar-refractivity contribution in [2.45, 2.75) is 45.1 Å². The second-order valence-corrected chi connectivity index (χ2v) is 9.97. The van der Waals surface area contributed by atoms with Gasteiger partial charge in [-0.3, -0.25) is 4.79 Å². The summed E-state index contributed by atoms with van der Waals surface area (Å²) in [7, 11) is 0. The van der Waals surface area contributed by atoms with Crippen LogP contribution in [0.25, 0.3) is 11.1 Å². The van der Waals surface area contributed by atoms with Crippen LogP contribution in [0.4, 0.5) is 0 Å². The largest absolute Gasteiger partial charge is 0.478 e. The van der Waals surface area contributed by atoms with Gasteiger partial charge in [0.1, 0.15) is 0 Å². The SMILES string of the molecule is O=C(O)c1cc(-c2cccc(Cc3ccc4c(c3)CN(CC3CCCCC3)C4=O)c2)ccc1Cl. The van der Waals surface area contributed by atoms with Crippen LogP contribution in [0, 0.1) is 5.92 Å². The molecule has 1 aliphatic heterocycles. The summed E-state index contributed by atoms with van der Waals surface area (Å²) in [6.07, 6.45) is 7.13. The molecule has 3 aromatic carbocycles. The highest BCUT2D eigenvalue weighted by Gasteiger charge is 2.29. The van der Waals surface area contributed by atoms with Gasteiger partial charge in [-0.25, -0.2) is 4.79 Å². The number of rotatable bonds is 6. The van der Waals surface area contributed by atoms with Gasteiger partial charge in [-0.05, 0) is 71.2 Å². The van der Waals surface area contributed by atoms with Crippen molar-refractivity contribution in [1.82, 2.24) is 4.90 Å². The molecule has 34 heavy (non-hydrogen) atoms. The average Bonchev–Trinajstić information content (AvgIpc) is 3.14. The van der Waals surface area contributed by atoms with Gasteiger partial charge in [-0.2, -0.15) is 0 Å². The van der Waals surface area contributed by atoms with E-state index in [0.717, 1.165) is 40.8 Å². The third-order valence-electron chi connectivity index (χ3n) is 7.12. The lowest BCUT2D eigenvalue weighted by Crippen LogP contribution is -2.30. The minimum absolute atomic E-state index is 0.102. The first kappa shape index (κ1) is 22.7. The van der Waals surface area contributed by atoms with Crippen LogP contribution >= 0.6 is 11.6 Å². The molecule has 1 heterocycles. The predicted octanol–water partition coefficient (Wildman–Crippen LogP) is 6.83. The quantitative estimate of drug-likeness (QED) is 0.426. The van der Waals surface area contributed by atoms with Crippen molar-refractivity contribution < 1.29 is 14.7 Å². The lowest BCUT2D eigenvalue weighted by atomic mass is 9.89. The first-order chi connectivity index (χ1) is 16.5. The average molecular weight is 474 g/mol. The van der Waals surface area contributed by atoms with Crippen LogP contribution in [-0.2, 0) is 13.0 Å². The summed E-state index contributed by atoms with van der Waals surface area (Å²) in [6.45, 7) is 1.59. The molecule has 1 aliphatic carbocycles. The summed E-state index contributed by atoms with van der Waals surface area (Å²) in [4.78, 5) is 26.4. The number of nitrogens with zero attached hydrogens (tertiary/aromatic N) is 1. The predicted molar refractivity (Wildman–Crippen MR) is 134 cm³/mol. The Labute approximate surface area is 205 Å². The number of carboxylic acids is 1. The molecule has 5 heteroatoms. The Bertz CT molecular complexity index is 1250. The lowest BCUT2D eigenvalue weighted by molar-refractivity contribution is 0.0695. The zero-order valence-electron chi connectivity index (χ0n) is 19.1. The Morgan fingerprint density at radius 3 is 2.50 bits per heavy atom. The zero-order chi connectivity index (χ0) is 23.7. The summed E-state index contributed by atoms with van der Waals surface area (Å²) in [5.41, 5.74) is 6.14. The van der Waals surface area contributed by atoms with E-state index in [-0.39, 0.29) is 16.5 Å². The Balaban J connectivity index is 1.32. The van der Waals surface area contributed by atoms with E-state index < -0.39 is 5.97 Å². The van der Waals surface area contributed by atoms with E-state index in [1.165, 1.54) is 37.7 Å². The van der Waals surface area contributed by atoms with Crippen molar-refractivity contribution in [2.75, 3.05) is 6.54 Å². The topological polar surface area (TPSA) is 57.6 Å². The van der Waals surface area contributed by atoms with E-state index in [9.17, 15) is 14.7 Å². The van der Waals surface area contributed by atoms with Crippen molar-refractivity contribution in [3.63, 3.8) is 0 Å². The van der Waals surface area contributed by atoms with Crippen LogP contribution in [0.2, 0.25) is 5.02 Å². The fourth-order valence-electron chi connectivity index (χ4n) is 5.34. The number of halogens is 1. The van der Waals surface area contributed by atoms with E-state index in [0.29, 0.717) is 12.5 Å². The van der Waals surface area contributed by atoms with Gasteiger partial charge in [0, 0.05) is 18.7 Å². The third kappa shape index (κ3) is 4.74. The lowest BCUT2D eigenvalue weighted by Gasteiger charge is -2.26. The van der Waals surface area contributed by atoms with Gasteiger partial charge < -0.3 is 10.0 Å². The fourth-order valence-corrected chi connectivity index (χ4v) is 5.54. The molecule has 2 aliphatic rings. The smallest absolute Gasteiger partial charge is 0.337 e. The summed E-state index contributed by atoms with van der Waals surface area (Å²) < 4.78 is 0. The molecular weight excluding hydrogens is 446 g/mol. The molecule has 1 amide bonds. The molecular formula is C29H28ClNO3. The zero-order valence-corrected chi connectivity index (χ0v) is 19.9. The van der Waals surface area contributed by atoms with Gasteiger partial charge in [0.2, 0.25) is 0 Å². The Kier molecular flexibility index (Phi) is 6.42. The summed E-state index contributed by atoms with van der Waals surface area (Å²) in [5, 5.41) is 9.61. The van der Waals surface area contributed by atoms with Gasteiger partial charge in [-0.1, -0.05) is 73.3 Å². The Morgan fingerprint density at radius 1 is 0.941 bits per heavy atom. The molecule has 0 radical (unpaired) electrons. The molecule has 5 rings (SSSR count). The maximum absolute atomic E-state index is 12.9. The van der Waals surface area contributed by atoms with E-state index in [1.54, 1.807) is 12.1 Å². The number of aromatic carboxylic acids is 1. The summed E-state index contributed by atoms with van der Waals surface area (Å²) in [6, 6.07) is 19.4. The van der Waals surface area contributed by atoms with Crippen molar-refractivity contribution in [1.29, 1.82) is 0 Å². The third-order valence-corrected chi connectivity index (χ3v) is 7.45. The van der Waals surface area contributed by atoms with Crippen LogP contribution in [0.3, 0.4) is 0 Å². The minimum Gasteiger partial charge on any atom is -0.478 e. The van der Waals surface area contributed by atoms with Crippen LogP contribution < -0.4 is 0 Å². The number of fused-ring (bicyclic) bond motifs is 1. The maximum Gasteiger partial charge on any atom is 0.337 e. The Hall–Kier alpha value is -3.11. The highest BCUT2D eigenvalue weighted by molar-refractivity contribution is 6.33. The van der Waals surface area contributed by atoms with Crippen molar-refractivity contribution in [3.05, 3.63) is 93.5 Å². The first-order valence-corrected chi connectivity index (χ1v) is 12.4. The van der Waals surface area contributed by atoms with Crippen molar-refractivity contribution >= 4 is 23.5 Å². The van der Waals surface area contributed by atoms with Crippen LogP contribution in [-0.4, -0.2) is 28.4 Å². The molecule has 0 bridgehead atoms. The first-order valence-electron chi connectivity index (χ1n) is 12.0. The molecule has 0 saturated heterocycles. The number of carbonyl (C=O) groups is 2. The monoisotopic (exact) mass is 473 g/mol. The van der Waals surface area contributed by atoms with E-state index in [2.05, 4.69) is 24.3 Å². The highest BCUT2D eigenvalue weighted by Crippen LogP contribution is 2.31. The molecule has 4 nitrogen and oxygen atoms in total. The molecule has 174 valence electrons. The number of benzene rings is 3. The van der Waals surface area contributed by atoms with Gasteiger partial charge in [0.05, 0.1) is 10.6 Å². The molecule has 0 aromatic heterocycles. The minimum atomic E-state index is -1.03. The number of amides is 1. The maximum atomic E-state index is 12.9. The number of hydrogen-bond donors (Lipinski definition) is 1.